The van der Waals surface area contributed by atoms with Crippen LogP contribution in [0.5, 0.6) is 0 Å². The van der Waals surface area contributed by atoms with Gasteiger partial charge < -0.3 is 10.6 Å². The van der Waals surface area contributed by atoms with E-state index in [1.165, 1.54) is 0 Å². The summed E-state index contributed by atoms with van der Waals surface area (Å²) in [5, 5.41) is 20.0. The average Bonchev–Trinajstić information content (AvgIpc) is 3.10. The van der Waals surface area contributed by atoms with E-state index in [-0.39, 0.29) is 18.0 Å². The van der Waals surface area contributed by atoms with Crippen LogP contribution in [0.4, 0.5) is 0 Å². The Bertz CT molecular complexity index is 804. The number of carbonyl (C=O) groups excluding carboxylic acids is 1. The predicted molar refractivity (Wildman–Crippen MR) is 94.5 cm³/mol. The summed E-state index contributed by atoms with van der Waals surface area (Å²) in [5.41, 5.74) is 3.86. The fourth-order valence-electron chi connectivity index (χ4n) is 3.26. The molecule has 1 aliphatic heterocycles. The van der Waals surface area contributed by atoms with Crippen LogP contribution in [0.25, 0.3) is 0 Å². The molecule has 2 atom stereocenters. The third kappa shape index (κ3) is 3.89. The first-order chi connectivity index (χ1) is 12.1. The Labute approximate surface area is 147 Å². The molecular weight excluding hydrogens is 314 g/mol. The molecule has 0 bridgehead atoms. The van der Waals surface area contributed by atoms with E-state index in [1.54, 1.807) is 0 Å². The Morgan fingerprint density at radius 3 is 3.00 bits per heavy atom. The van der Waals surface area contributed by atoms with Crippen LogP contribution < -0.4 is 10.6 Å². The lowest BCUT2D eigenvalue weighted by atomic mass is 9.93. The second-order valence-electron chi connectivity index (χ2n) is 6.46. The van der Waals surface area contributed by atoms with Gasteiger partial charge in [0, 0.05) is 37.3 Å². The molecular formula is C19H23N5O. The Morgan fingerprint density at radius 2 is 2.32 bits per heavy atom. The van der Waals surface area contributed by atoms with Crippen molar-refractivity contribution in [2.24, 2.45) is 0 Å². The normalized spacial score (nSPS) is 20.1. The van der Waals surface area contributed by atoms with E-state index in [2.05, 4.69) is 21.8 Å². The molecule has 0 saturated carbocycles. The summed E-state index contributed by atoms with van der Waals surface area (Å²) in [6.07, 6.45) is 5.16. The van der Waals surface area contributed by atoms with Gasteiger partial charge in [0.1, 0.15) is 0 Å². The number of carbonyl (C=O) groups is 1. The number of amides is 1. The maximum atomic E-state index is 11.9. The maximum absolute atomic E-state index is 11.9. The molecule has 1 saturated heterocycles. The number of rotatable bonds is 5. The summed E-state index contributed by atoms with van der Waals surface area (Å²) >= 11 is 0. The van der Waals surface area contributed by atoms with E-state index in [1.807, 2.05) is 49.1 Å². The Kier molecular flexibility index (Phi) is 5.15. The van der Waals surface area contributed by atoms with Crippen LogP contribution in [0.1, 0.15) is 48.1 Å². The van der Waals surface area contributed by atoms with Crippen LogP contribution in [0, 0.1) is 18.3 Å². The smallest absolute Gasteiger partial charge is 0.220 e. The van der Waals surface area contributed by atoms with Crippen LogP contribution >= 0.6 is 0 Å². The molecule has 1 amide bonds. The van der Waals surface area contributed by atoms with Gasteiger partial charge in [-0.1, -0.05) is 12.1 Å². The molecule has 0 radical (unpaired) electrons. The molecule has 2 aromatic rings. The summed E-state index contributed by atoms with van der Waals surface area (Å²) in [4.78, 5) is 11.9. The van der Waals surface area contributed by atoms with E-state index in [4.69, 9.17) is 5.26 Å². The molecule has 1 aromatic heterocycles. The fraction of sp³-hybridized carbons (Fsp3) is 0.421. The molecule has 0 spiro atoms. The lowest BCUT2D eigenvalue weighted by Gasteiger charge is -2.32. The topological polar surface area (TPSA) is 82.7 Å². The molecule has 6 heteroatoms. The van der Waals surface area contributed by atoms with Gasteiger partial charge in [-0.15, -0.1) is 0 Å². The first kappa shape index (κ1) is 17.2. The highest BCUT2D eigenvalue weighted by Gasteiger charge is 2.30. The molecule has 0 unspecified atom stereocenters. The fourth-order valence-corrected chi connectivity index (χ4v) is 3.26. The molecule has 0 aliphatic carbocycles. The number of piperidine rings is 1. The van der Waals surface area contributed by atoms with E-state index in [0.717, 1.165) is 29.7 Å². The van der Waals surface area contributed by atoms with Crippen molar-refractivity contribution in [1.29, 1.82) is 5.26 Å². The van der Waals surface area contributed by atoms with Gasteiger partial charge in [0.25, 0.3) is 0 Å². The standard InChI is InChI=1S/C19H23N5O/c1-3-24-12-16(11-22-24)19-17(6-7-18(25)23-19)21-10-14-4-5-15(9-20)13(2)8-14/h4-5,8,11-12,17,19,21H,3,6-7,10H2,1-2H3,(H,23,25)/t17-,19+/m1/s1. The third-order valence-electron chi connectivity index (χ3n) is 4.72. The van der Waals surface area contributed by atoms with Crippen molar-refractivity contribution in [3.05, 3.63) is 52.8 Å². The second kappa shape index (κ2) is 7.49. The number of nitriles is 1. The van der Waals surface area contributed by atoms with E-state index in [0.29, 0.717) is 18.5 Å². The highest BCUT2D eigenvalue weighted by Crippen LogP contribution is 2.24. The zero-order chi connectivity index (χ0) is 17.8. The first-order valence-electron chi connectivity index (χ1n) is 8.65. The van der Waals surface area contributed by atoms with Gasteiger partial charge in [-0.25, -0.2) is 0 Å². The molecule has 1 fully saturated rings. The van der Waals surface area contributed by atoms with E-state index >= 15 is 0 Å². The monoisotopic (exact) mass is 337 g/mol. The van der Waals surface area contributed by atoms with Crippen molar-refractivity contribution < 1.29 is 4.79 Å². The lowest BCUT2D eigenvalue weighted by Crippen LogP contribution is -2.48. The number of hydrogen-bond donors (Lipinski definition) is 2. The number of benzene rings is 1. The molecule has 3 rings (SSSR count). The number of hydrogen-bond acceptors (Lipinski definition) is 4. The van der Waals surface area contributed by atoms with E-state index < -0.39 is 0 Å². The highest BCUT2D eigenvalue weighted by atomic mass is 16.1. The molecule has 2 heterocycles. The summed E-state index contributed by atoms with van der Waals surface area (Å²) in [6, 6.07) is 8.15. The van der Waals surface area contributed by atoms with Gasteiger partial charge in [-0.05, 0) is 37.5 Å². The van der Waals surface area contributed by atoms with Gasteiger partial charge in [0.05, 0.1) is 23.9 Å². The Balaban J connectivity index is 1.71. The number of nitrogens with zero attached hydrogens (tertiary/aromatic N) is 3. The minimum atomic E-state index is -0.0685. The summed E-state index contributed by atoms with van der Waals surface area (Å²) in [6.45, 7) is 5.50. The first-order valence-corrected chi connectivity index (χ1v) is 8.65. The third-order valence-corrected chi connectivity index (χ3v) is 4.72. The van der Waals surface area contributed by atoms with Crippen molar-refractivity contribution in [2.75, 3.05) is 0 Å². The minimum Gasteiger partial charge on any atom is -0.348 e. The van der Waals surface area contributed by atoms with E-state index in [9.17, 15) is 4.79 Å². The van der Waals surface area contributed by atoms with Gasteiger partial charge >= 0.3 is 0 Å². The molecule has 6 nitrogen and oxygen atoms in total. The number of aromatic nitrogens is 2. The van der Waals surface area contributed by atoms with Crippen LogP contribution in [0.3, 0.4) is 0 Å². The van der Waals surface area contributed by atoms with Crippen LogP contribution in [0.2, 0.25) is 0 Å². The van der Waals surface area contributed by atoms with Gasteiger partial charge in [0.2, 0.25) is 5.91 Å². The molecule has 130 valence electrons. The summed E-state index contributed by atoms with van der Waals surface area (Å²) in [7, 11) is 0. The van der Waals surface area contributed by atoms with Gasteiger partial charge in [-0.2, -0.15) is 10.4 Å². The maximum Gasteiger partial charge on any atom is 0.220 e. The molecule has 2 N–H and O–H groups in total. The minimum absolute atomic E-state index is 0.0685. The van der Waals surface area contributed by atoms with Crippen molar-refractivity contribution in [3.63, 3.8) is 0 Å². The number of nitrogens with one attached hydrogen (secondary N) is 2. The van der Waals surface area contributed by atoms with Crippen molar-refractivity contribution in [1.82, 2.24) is 20.4 Å². The molecule has 1 aliphatic rings. The number of aryl methyl sites for hydroxylation is 2. The lowest BCUT2D eigenvalue weighted by molar-refractivity contribution is -0.123. The van der Waals surface area contributed by atoms with Gasteiger partial charge in [-0.3, -0.25) is 9.48 Å². The molecule has 1 aromatic carbocycles. The highest BCUT2D eigenvalue weighted by molar-refractivity contribution is 5.77. The zero-order valence-corrected chi connectivity index (χ0v) is 14.6. The predicted octanol–water partition coefficient (Wildman–Crippen LogP) is 2.19. The molecule has 25 heavy (non-hydrogen) atoms. The largest absolute Gasteiger partial charge is 0.348 e. The SMILES string of the molecule is CCn1cc([C@@H]2NC(=O)CC[C@H]2NCc2ccc(C#N)c(C)c2)cn1. The second-order valence-corrected chi connectivity index (χ2v) is 6.46. The summed E-state index contributed by atoms with van der Waals surface area (Å²) < 4.78 is 1.87. The quantitative estimate of drug-likeness (QED) is 0.876. The Morgan fingerprint density at radius 1 is 1.48 bits per heavy atom. The van der Waals surface area contributed by atoms with Crippen LogP contribution in [-0.4, -0.2) is 21.7 Å². The van der Waals surface area contributed by atoms with Crippen molar-refractivity contribution in [2.45, 2.75) is 51.9 Å². The van der Waals surface area contributed by atoms with Crippen LogP contribution in [-0.2, 0) is 17.9 Å². The summed E-state index contributed by atoms with van der Waals surface area (Å²) in [5.74, 6) is 0.0847. The van der Waals surface area contributed by atoms with Crippen molar-refractivity contribution >= 4 is 5.91 Å². The zero-order valence-electron chi connectivity index (χ0n) is 14.6. The van der Waals surface area contributed by atoms with Crippen LogP contribution in [0.15, 0.2) is 30.6 Å². The van der Waals surface area contributed by atoms with Gasteiger partial charge in [0.15, 0.2) is 0 Å². The Hall–Kier alpha value is -2.65. The average molecular weight is 337 g/mol. The van der Waals surface area contributed by atoms with Crippen molar-refractivity contribution in [3.8, 4) is 6.07 Å².